The summed E-state index contributed by atoms with van der Waals surface area (Å²) in [4.78, 5) is 60.7. The number of fused-ring (bicyclic) bond motifs is 1. The number of likely N-dealkylation sites (N-methyl/N-ethyl adjacent to an activating group) is 1. The number of carbonyl (C=O) groups excluding carboxylic acids is 4. The van der Waals surface area contributed by atoms with Crippen LogP contribution < -0.4 is 5.73 Å². The molecule has 16 nitrogen and oxygen atoms in total. The zero-order chi connectivity index (χ0) is 46.2. The monoisotopic (exact) mass is 885 g/mol. The maximum absolute atomic E-state index is 17.0. The molecule has 3 N–H and O–H groups in total. The molecule has 3 saturated heterocycles. The molecule has 4 fully saturated rings. The third-order valence-corrected chi connectivity index (χ3v) is 14.1. The summed E-state index contributed by atoms with van der Waals surface area (Å²) in [5.41, 5.74) is 1.82. The zero-order valence-corrected chi connectivity index (χ0v) is 38.6. The van der Waals surface area contributed by atoms with Crippen molar-refractivity contribution in [2.75, 3.05) is 33.0 Å². The molecule has 13 atom stereocenters. The molecule has 63 heavy (non-hydrogen) atoms. The van der Waals surface area contributed by atoms with Gasteiger partial charge in [0, 0.05) is 61.8 Å². The van der Waals surface area contributed by atoms with E-state index in [1.807, 2.05) is 38.4 Å². The third-order valence-electron chi connectivity index (χ3n) is 14.1. The number of esters is 1. The number of nitrogens with zero attached hydrogens (tertiary/aromatic N) is 5. The Morgan fingerprint density at radius 2 is 1.75 bits per heavy atom. The fourth-order valence-corrected chi connectivity index (χ4v) is 10.3. The first kappa shape index (κ1) is 48.4. The van der Waals surface area contributed by atoms with Crippen LogP contribution in [0, 0.1) is 23.7 Å². The summed E-state index contributed by atoms with van der Waals surface area (Å²) in [5, 5.41) is 20.3. The van der Waals surface area contributed by atoms with Crippen molar-refractivity contribution < 1.29 is 52.4 Å². The molecule has 0 radical (unpaired) electrons. The molecule has 4 heterocycles. The van der Waals surface area contributed by atoms with Crippen molar-refractivity contribution in [3.05, 3.63) is 30.5 Å². The number of Topliss-reactive ketones (excluding diaryl/α,β-unsaturated/α-hetero) is 2. The van der Waals surface area contributed by atoms with Crippen molar-refractivity contribution >= 4 is 29.3 Å². The number of cyclic esters (lactones) is 1. The van der Waals surface area contributed by atoms with Crippen molar-refractivity contribution in [3.63, 3.8) is 0 Å². The van der Waals surface area contributed by atoms with E-state index in [0.717, 1.165) is 31.9 Å². The summed E-state index contributed by atoms with van der Waals surface area (Å²) >= 11 is 0. The largest absolute Gasteiger partial charge is 0.455 e. The van der Waals surface area contributed by atoms with E-state index in [4.69, 9.17) is 29.4 Å². The number of aryl methyl sites for hydroxylation is 1. The SMILES string of the molecule is CCC1OC(=O)C(C)(F)C(=O)C(C)C(OC2OC(C)CC(N(C)CC3CC3)C2O)C(C)(OC)CC(C)C(=O)C(C)C2N(CCCCn3cc(-c4cccc(N)c4)nn3)C(=O)OC12C. The Bertz CT molecular complexity index is 1960. The van der Waals surface area contributed by atoms with Gasteiger partial charge in [-0.15, -0.1) is 5.10 Å². The number of hydrogen-bond donors (Lipinski definition) is 2. The summed E-state index contributed by atoms with van der Waals surface area (Å²) in [6.07, 6.45) is -0.190. The quantitative estimate of drug-likeness (QED) is 0.113. The molecule has 1 amide bonds. The Labute approximate surface area is 370 Å². The fourth-order valence-electron chi connectivity index (χ4n) is 10.3. The van der Waals surface area contributed by atoms with Crippen molar-refractivity contribution in [2.45, 2.75) is 167 Å². The van der Waals surface area contributed by atoms with Crippen LogP contribution in [-0.2, 0) is 44.6 Å². The molecule has 1 aromatic heterocycles. The van der Waals surface area contributed by atoms with E-state index < -0.39 is 83.1 Å². The number of ketones is 2. The van der Waals surface area contributed by atoms with Crippen LogP contribution in [0.4, 0.5) is 14.9 Å². The molecule has 0 spiro atoms. The van der Waals surface area contributed by atoms with Gasteiger partial charge in [0.2, 0.25) is 0 Å². The van der Waals surface area contributed by atoms with E-state index >= 15 is 4.39 Å². The third kappa shape index (κ3) is 10.1. The van der Waals surface area contributed by atoms with Crippen molar-refractivity contribution in [3.8, 4) is 11.3 Å². The lowest BCUT2D eigenvalue weighted by Gasteiger charge is -2.47. The molecule has 1 aromatic carbocycles. The van der Waals surface area contributed by atoms with Crippen LogP contribution in [-0.4, -0.2) is 140 Å². The summed E-state index contributed by atoms with van der Waals surface area (Å²) in [6.45, 7) is 14.1. The normalized spacial score (nSPS) is 37.1. The lowest BCUT2D eigenvalue weighted by molar-refractivity contribution is -0.296. The number of methoxy groups -OCH3 is 1. The standard InChI is InChI=1S/C46H69FN6O10/c1-11-35-46(8)38(53(43(58)63-46)20-13-12-19-52-25-33(49-50-52)31-15-14-16-32(48)22-31)28(4)36(54)26(2)23-44(6,59-10)40(29(5)39(56)45(7,47)42(57)61-35)62-41-37(55)34(21-27(3)60-41)51(9)24-30-17-18-30/h14-16,22,25-30,34-35,37-38,40-41,55H,11-13,17-21,23-24,48H2,1-10H3. The highest BCUT2D eigenvalue weighted by Crippen LogP contribution is 2.44. The van der Waals surface area contributed by atoms with Crippen molar-refractivity contribution in [1.29, 1.82) is 0 Å². The molecule has 2 aromatic rings. The number of alkyl halides is 1. The Balaban J connectivity index is 1.27. The van der Waals surface area contributed by atoms with Gasteiger partial charge in [-0.2, -0.15) is 0 Å². The lowest BCUT2D eigenvalue weighted by atomic mass is 9.73. The van der Waals surface area contributed by atoms with Gasteiger partial charge in [0.15, 0.2) is 17.7 Å². The van der Waals surface area contributed by atoms with Crippen LogP contribution in [0.3, 0.4) is 0 Å². The second-order valence-corrected chi connectivity index (χ2v) is 19.2. The predicted octanol–water partition coefficient (Wildman–Crippen LogP) is 5.38. The fraction of sp³-hybridized carbons (Fsp3) is 0.739. The van der Waals surface area contributed by atoms with Crippen LogP contribution in [0.2, 0.25) is 0 Å². The van der Waals surface area contributed by atoms with Gasteiger partial charge < -0.3 is 44.3 Å². The highest BCUT2D eigenvalue weighted by Gasteiger charge is 2.61. The van der Waals surface area contributed by atoms with E-state index in [1.165, 1.54) is 18.9 Å². The topological polar surface area (TPSA) is 198 Å². The van der Waals surface area contributed by atoms with Crippen LogP contribution >= 0.6 is 0 Å². The number of benzene rings is 1. The number of unbranched alkanes of at least 4 members (excludes halogenated alkanes) is 1. The summed E-state index contributed by atoms with van der Waals surface area (Å²) in [5.74, 6) is -5.25. The number of aliphatic hydroxyl groups excluding tert-OH is 1. The van der Waals surface area contributed by atoms with E-state index in [2.05, 4.69) is 15.2 Å². The number of rotatable bonds is 13. The first-order valence-electron chi connectivity index (χ1n) is 22.6. The molecule has 6 rings (SSSR count). The Morgan fingerprint density at radius 1 is 1.05 bits per heavy atom. The van der Waals surface area contributed by atoms with Crippen LogP contribution in [0.1, 0.15) is 100 Å². The van der Waals surface area contributed by atoms with Gasteiger partial charge in [-0.05, 0) is 97.7 Å². The van der Waals surface area contributed by atoms with Gasteiger partial charge >= 0.3 is 12.1 Å². The molecular formula is C46H69FN6O10. The summed E-state index contributed by atoms with van der Waals surface area (Å²) in [6, 6.07) is 6.08. The van der Waals surface area contributed by atoms with E-state index in [9.17, 15) is 24.3 Å². The van der Waals surface area contributed by atoms with E-state index in [-0.39, 0.29) is 37.3 Å². The molecule has 0 bridgehead atoms. The molecule has 1 aliphatic carbocycles. The number of aromatic nitrogens is 3. The average molecular weight is 885 g/mol. The Kier molecular flexibility index (Phi) is 14.8. The lowest BCUT2D eigenvalue weighted by Crippen LogP contribution is -2.62. The number of nitrogens with two attached hydrogens (primary N) is 1. The number of amides is 1. The minimum atomic E-state index is -3.19. The smallest absolute Gasteiger partial charge is 0.410 e. The zero-order valence-electron chi connectivity index (χ0n) is 38.6. The number of aliphatic hydroxyl groups is 1. The van der Waals surface area contributed by atoms with Gasteiger partial charge in [0.25, 0.3) is 5.67 Å². The predicted molar refractivity (Wildman–Crippen MR) is 231 cm³/mol. The van der Waals surface area contributed by atoms with Gasteiger partial charge in [-0.1, -0.05) is 45.0 Å². The molecule has 17 heteroatoms. The second-order valence-electron chi connectivity index (χ2n) is 19.2. The number of halogens is 1. The number of anilines is 1. The highest BCUT2D eigenvalue weighted by molar-refractivity contribution is 6.08. The van der Waals surface area contributed by atoms with Gasteiger partial charge in [0.05, 0.1) is 30.0 Å². The van der Waals surface area contributed by atoms with E-state index in [1.54, 1.807) is 45.4 Å². The highest BCUT2D eigenvalue weighted by atomic mass is 19.1. The van der Waals surface area contributed by atoms with Crippen LogP contribution in [0.15, 0.2) is 30.5 Å². The molecule has 3 aliphatic heterocycles. The van der Waals surface area contributed by atoms with Crippen LogP contribution in [0.25, 0.3) is 11.3 Å². The maximum atomic E-state index is 17.0. The Morgan fingerprint density at radius 3 is 2.40 bits per heavy atom. The van der Waals surface area contributed by atoms with E-state index in [0.29, 0.717) is 43.1 Å². The van der Waals surface area contributed by atoms with Crippen molar-refractivity contribution in [1.82, 2.24) is 24.8 Å². The first-order chi connectivity index (χ1) is 29.6. The maximum Gasteiger partial charge on any atom is 0.410 e. The summed E-state index contributed by atoms with van der Waals surface area (Å²) in [7, 11) is 3.37. The van der Waals surface area contributed by atoms with Gasteiger partial charge in [-0.3, -0.25) is 14.3 Å². The molecule has 4 aliphatic rings. The number of ether oxygens (including phenoxy) is 5. The second kappa shape index (κ2) is 19.2. The number of nitrogen functional groups attached to an aromatic ring is 1. The average Bonchev–Trinajstić information content (AvgIpc) is 3.86. The molecule has 350 valence electrons. The Hall–Kier alpha value is -4.03. The molecular weight excluding hydrogens is 816 g/mol. The first-order valence-corrected chi connectivity index (χ1v) is 22.6. The number of carbonyl (C=O) groups is 4. The minimum absolute atomic E-state index is 0.00327. The molecule has 13 unspecified atom stereocenters. The summed E-state index contributed by atoms with van der Waals surface area (Å²) < 4.78 is 49.7. The van der Waals surface area contributed by atoms with Gasteiger partial charge in [0.1, 0.15) is 23.7 Å². The van der Waals surface area contributed by atoms with Gasteiger partial charge in [-0.25, -0.2) is 14.0 Å². The minimum Gasteiger partial charge on any atom is -0.455 e. The van der Waals surface area contributed by atoms with Crippen LogP contribution in [0.5, 0.6) is 0 Å². The number of hydrogen-bond acceptors (Lipinski definition) is 14. The molecule has 1 saturated carbocycles. The van der Waals surface area contributed by atoms with Crippen molar-refractivity contribution in [2.24, 2.45) is 23.7 Å².